The molecule has 1 aromatic heterocycles. The van der Waals surface area contributed by atoms with Gasteiger partial charge >= 0.3 is 0 Å². The Hall–Kier alpha value is -1.86. The number of aromatic nitrogens is 2. The molecule has 3 rings (SSSR count). The fourth-order valence-electron chi connectivity index (χ4n) is 3.12. The molecule has 1 aliphatic rings. The fraction of sp³-hybridized carbons (Fsp3) is 0.467. The predicted octanol–water partition coefficient (Wildman–Crippen LogP) is 2.83. The molecule has 2 aromatic rings. The van der Waals surface area contributed by atoms with Crippen molar-refractivity contribution in [2.24, 2.45) is 5.41 Å². The Morgan fingerprint density at radius 2 is 2.26 bits per heavy atom. The molecular weight excluding hydrogens is 236 g/mol. The maximum absolute atomic E-state index is 9.51. The Morgan fingerprint density at radius 3 is 2.84 bits per heavy atom. The molecule has 1 aromatic carbocycles. The number of aromatic amines is 1. The minimum Gasteiger partial charge on any atom is -0.342 e. The number of H-pyrrole nitrogens is 1. The van der Waals surface area contributed by atoms with Crippen LogP contribution in [0.3, 0.4) is 0 Å². The Balaban J connectivity index is 2.04. The first-order valence-corrected chi connectivity index (χ1v) is 6.73. The van der Waals surface area contributed by atoms with Gasteiger partial charge in [0.05, 0.1) is 28.6 Å². The zero-order valence-corrected chi connectivity index (χ0v) is 11.3. The van der Waals surface area contributed by atoms with Gasteiger partial charge in [0.2, 0.25) is 0 Å². The van der Waals surface area contributed by atoms with E-state index in [0.29, 0.717) is 0 Å². The van der Waals surface area contributed by atoms with Crippen LogP contribution in [-0.4, -0.2) is 17.0 Å². The Kier molecular flexibility index (Phi) is 2.79. The third kappa shape index (κ3) is 1.82. The summed E-state index contributed by atoms with van der Waals surface area (Å²) in [5, 5.41) is 12.8. The summed E-state index contributed by atoms with van der Waals surface area (Å²) in [6.07, 6.45) is 3.11. The van der Waals surface area contributed by atoms with E-state index < -0.39 is 0 Å². The number of fused-ring (bicyclic) bond motifs is 1. The van der Waals surface area contributed by atoms with Crippen LogP contribution in [0, 0.1) is 23.7 Å². The molecule has 0 spiro atoms. The maximum atomic E-state index is 9.51. The summed E-state index contributed by atoms with van der Waals surface area (Å²) in [7, 11) is 1.94. The van der Waals surface area contributed by atoms with Gasteiger partial charge in [0, 0.05) is 0 Å². The van der Waals surface area contributed by atoms with E-state index in [1.165, 1.54) is 5.56 Å². The van der Waals surface area contributed by atoms with E-state index in [4.69, 9.17) is 0 Å². The summed E-state index contributed by atoms with van der Waals surface area (Å²) in [5.74, 6) is 0.923. The van der Waals surface area contributed by atoms with Crippen LogP contribution in [0.2, 0.25) is 0 Å². The van der Waals surface area contributed by atoms with Crippen LogP contribution in [0.5, 0.6) is 0 Å². The van der Waals surface area contributed by atoms with Crippen LogP contribution in [0.4, 0.5) is 0 Å². The van der Waals surface area contributed by atoms with Gasteiger partial charge in [0.1, 0.15) is 5.82 Å². The Bertz CT molecular complexity index is 646. The average molecular weight is 254 g/mol. The molecule has 0 amide bonds. The van der Waals surface area contributed by atoms with E-state index in [1.807, 2.05) is 20.0 Å². The Labute approximate surface area is 112 Å². The van der Waals surface area contributed by atoms with Crippen molar-refractivity contribution < 1.29 is 0 Å². The maximum Gasteiger partial charge on any atom is 0.104 e. The topological polar surface area (TPSA) is 64.5 Å². The molecule has 4 heteroatoms. The summed E-state index contributed by atoms with van der Waals surface area (Å²) in [4.78, 5) is 7.68. The molecule has 1 atom stereocenters. The van der Waals surface area contributed by atoms with Gasteiger partial charge in [0.25, 0.3) is 0 Å². The van der Waals surface area contributed by atoms with Gasteiger partial charge in [-0.25, -0.2) is 4.98 Å². The van der Waals surface area contributed by atoms with Crippen LogP contribution in [0.25, 0.3) is 11.0 Å². The third-order valence-electron chi connectivity index (χ3n) is 4.27. The molecule has 0 aliphatic heterocycles. The minimum absolute atomic E-state index is 0.0965. The van der Waals surface area contributed by atoms with Crippen LogP contribution in [0.15, 0.2) is 18.2 Å². The van der Waals surface area contributed by atoms with Gasteiger partial charge in [0.15, 0.2) is 0 Å². The molecule has 1 heterocycles. The summed E-state index contributed by atoms with van der Waals surface area (Å²) in [5.41, 5.74) is 2.95. The molecule has 1 saturated carbocycles. The first-order valence-electron chi connectivity index (χ1n) is 6.73. The number of nitriles is 1. The molecule has 0 saturated heterocycles. The van der Waals surface area contributed by atoms with Crippen molar-refractivity contribution in [3.8, 4) is 6.07 Å². The lowest BCUT2D eigenvalue weighted by atomic mass is 9.63. The number of nitrogens with zero attached hydrogens (tertiary/aromatic N) is 2. The number of hydrogen-bond acceptors (Lipinski definition) is 3. The molecule has 1 fully saturated rings. The lowest BCUT2D eigenvalue weighted by Gasteiger charge is -2.42. The molecule has 1 unspecified atom stereocenters. The van der Waals surface area contributed by atoms with Crippen LogP contribution >= 0.6 is 0 Å². The standard InChI is InChI=1S/C15H18N4/c1-10-18-12-5-4-11(8-13(12)19-10)14(17-2)15(9-16)6-3-7-15/h4-5,8,14,17H,3,6-7H2,1-2H3,(H,18,19). The fourth-order valence-corrected chi connectivity index (χ4v) is 3.12. The summed E-state index contributed by atoms with van der Waals surface area (Å²) in [6, 6.07) is 8.86. The molecule has 0 radical (unpaired) electrons. The van der Waals surface area contributed by atoms with Gasteiger partial charge < -0.3 is 10.3 Å². The second-order valence-electron chi connectivity index (χ2n) is 5.44. The van der Waals surface area contributed by atoms with Crippen molar-refractivity contribution in [3.63, 3.8) is 0 Å². The SMILES string of the molecule is CNC(c1ccc2nc(C)[nH]c2c1)C1(C#N)CCC1. The molecule has 19 heavy (non-hydrogen) atoms. The number of benzene rings is 1. The van der Waals surface area contributed by atoms with E-state index in [1.54, 1.807) is 0 Å². The zero-order chi connectivity index (χ0) is 13.5. The monoisotopic (exact) mass is 254 g/mol. The van der Waals surface area contributed by atoms with E-state index in [2.05, 4.69) is 33.5 Å². The predicted molar refractivity (Wildman–Crippen MR) is 74.5 cm³/mol. The molecular formula is C15H18N4. The van der Waals surface area contributed by atoms with Crippen molar-refractivity contribution in [2.75, 3.05) is 7.05 Å². The number of rotatable bonds is 3. The summed E-state index contributed by atoms with van der Waals surface area (Å²) < 4.78 is 0. The van der Waals surface area contributed by atoms with E-state index in [-0.39, 0.29) is 11.5 Å². The largest absolute Gasteiger partial charge is 0.342 e. The van der Waals surface area contributed by atoms with Crippen molar-refractivity contribution in [1.29, 1.82) is 5.26 Å². The number of hydrogen-bond donors (Lipinski definition) is 2. The van der Waals surface area contributed by atoms with Crippen LogP contribution < -0.4 is 5.32 Å². The van der Waals surface area contributed by atoms with Gasteiger partial charge in [-0.2, -0.15) is 5.26 Å². The normalized spacial score (nSPS) is 18.8. The Morgan fingerprint density at radius 1 is 1.47 bits per heavy atom. The highest BCUT2D eigenvalue weighted by Gasteiger charge is 2.44. The van der Waals surface area contributed by atoms with Gasteiger partial charge in [-0.15, -0.1) is 0 Å². The van der Waals surface area contributed by atoms with E-state index in [0.717, 1.165) is 36.1 Å². The van der Waals surface area contributed by atoms with Crippen molar-refractivity contribution in [3.05, 3.63) is 29.6 Å². The molecule has 1 aliphatic carbocycles. The smallest absolute Gasteiger partial charge is 0.104 e. The number of aryl methyl sites for hydroxylation is 1. The molecule has 98 valence electrons. The van der Waals surface area contributed by atoms with E-state index >= 15 is 0 Å². The lowest BCUT2D eigenvalue weighted by molar-refractivity contribution is 0.149. The van der Waals surface area contributed by atoms with Crippen molar-refractivity contribution >= 4 is 11.0 Å². The average Bonchev–Trinajstić information content (AvgIpc) is 2.72. The second-order valence-corrected chi connectivity index (χ2v) is 5.44. The molecule has 2 N–H and O–H groups in total. The van der Waals surface area contributed by atoms with Crippen LogP contribution in [-0.2, 0) is 0 Å². The van der Waals surface area contributed by atoms with E-state index in [9.17, 15) is 5.26 Å². The van der Waals surface area contributed by atoms with Crippen molar-refractivity contribution in [1.82, 2.24) is 15.3 Å². The summed E-state index contributed by atoms with van der Waals surface area (Å²) in [6.45, 7) is 1.96. The van der Waals surface area contributed by atoms with Gasteiger partial charge in [-0.1, -0.05) is 12.5 Å². The molecule has 4 nitrogen and oxygen atoms in total. The first kappa shape index (κ1) is 12.2. The van der Waals surface area contributed by atoms with Gasteiger partial charge in [-0.05, 0) is 44.5 Å². The quantitative estimate of drug-likeness (QED) is 0.885. The number of imidazole rings is 1. The van der Waals surface area contributed by atoms with Crippen molar-refractivity contribution in [2.45, 2.75) is 32.2 Å². The minimum atomic E-state index is -0.239. The highest BCUT2D eigenvalue weighted by molar-refractivity contribution is 5.76. The van der Waals surface area contributed by atoms with Gasteiger partial charge in [-0.3, -0.25) is 0 Å². The first-order chi connectivity index (χ1) is 9.18. The third-order valence-corrected chi connectivity index (χ3v) is 4.27. The molecule has 0 bridgehead atoms. The highest BCUT2D eigenvalue weighted by Crippen LogP contribution is 2.49. The summed E-state index contributed by atoms with van der Waals surface area (Å²) >= 11 is 0. The zero-order valence-electron chi connectivity index (χ0n) is 11.3. The highest BCUT2D eigenvalue weighted by atomic mass is 14.9. The lowest BCUT2D eigenvalue weighted by Crippen LogP contribution is -2.40. The number of nitrogens with one attached hydrogen (secondary N) is 2. The second kappa shape index (κ2) is 4.36. The van der Waals surface area contributed by atoms with Crippen LogP contribution in [0.1, 0.15) is 36.7 Å².